The maximum absolute atomic E-state index is 10.5. The summed E-state index contributed by atoms with van der Waals surface area (Å²) in [6.07, 6.45) is -0.668. The fraction of sp³-hybridized carbons (Fsp3) is 0.750. The molecular formula is C4H3N7O12. The molecule has 0 saturated carbocycles. The Labute approximate surface area is 121 Å². The van der Waals surface area contributed by atoms with Gasteiger partial charge in [0.05, 0.1) is 0 Å². The Bertz CT molecular complexity index is 551. The van der Waals surface area contributed by atoms with Gasteiger partial charge in [0.2, 0.25) is 6.21 Å². The van der Waals surface area contributed by atoms with E-state index in [1.165, 1.54) is 0 Å². The zero-order valence-corrected chi connectivity index (χ0v) is 10.3. The highest BCUT2D eigenvalue weighted by Crippen LogP contribution is 2.15. The summed E-state index contributed by atoms with van der Waals surface area (Å²) in [6, 6.07) is 0. The fourth-order valence-electron chi connectivity index (χ4n) is 1.01. The third-order valence-electron chi connectivity index (χ3n) is 2.25. The molecule has 0 saturated heterocycles. The molecule has 0 aromatic rings. The summed E-state index contributed by atoms with van der Waals surface area (Å²) in [5.41, 5.74) is 0. The van der Waals surface area contributed by atoms with E-state index in [1.54, 1.807) is 0 Å². The summed E-state index contributed by atoms with van der Waals surface area (Å²) in [6.45, 7) is -2.06. The van der Waals surface area contributed by atoms with Crippen molar-refractivity contribution in [1.82, 2.24) is 0 Å². The quantitative estimate of drug-likeness (QED) is 0.191. The number of rotatable bonds is 9. The maximum atomic E-state index is 10.5. The summed E-state index contributed by atoms with van der Waals surface area (Å²) >= 11 is 0. The van der Waals surface area contributed by atoms with E-state index in [0.717, 1.165) is 0 Å². The zero-order chi connectivity index (χ0) is 18.6. The van der Waals surface area contributed by atoms with E-state index in [4.69, 9.17) is 0 Å². The molecule has 0 atom stereocenters. The molecule has 0 amide bonds. The molecule has 19 nitrogen and oxygen atoms in total. The Hall–Kier alpha value is -3.93. The molecule has 0 rings (SSSR count). The Morgan fingerprint density at radius 1 is 0.652 bits per heavy atom. The van der Waals surface area contributed by atoms with Crippen molar-refractivity contribution < 1.29 is 29.5 Å². The van der Waals surface area contributed by atoms with Crippen LogP contribution in [0.5, 0.6) is 0 Å². The van der Waals surface area contributed by atoms with E-state index in [-0.39, 0.29) is 0 Å². The van der Waals surface area contributed by atoms with Crippen LogP contribution in [0.4, 0.5) is 0 Å². The number of nitrogens with zero attached hydrogens (tertiary/aromatic N) is 7. The molecule has 0 N–H and O–H groups in total. The van der Waals surface area contributed by atoms with Crippen LogP contribution >= 0.6 is 0 Å². The first-order valence-electron chi connectivity index (χ1n) is 4.75. The highest BCUT2D eigenvalue weighted by atomic mass is 16.7. The van der Waals surface area contributed by atoms with Gasteiger partial charge in [0, 0.05) is 0 Å². The number of aliphatic imine (C=N–C) groups is 1. The van der Waals surface area contributed by atoms with Crippen molar-refractivity contribution in [2.24, 2.45) is 4.99 Å². The van der Waals surface area contributed by atoms with Crippen LogP contribution in [0.25, 0.3) is 0 Å². The first kappa shape index (κ1) is 19.1. The van der Waals surface area contributed by atoms with E-state index in [2.05, 4.69) is 4.99 Å². The molecule has 0 aromatic heterocycles. The second-order valence-corrected chi connectivity index (χ2v) is 3.47. The standard InChI is InChI=1S/C4H3N7O12/c12-6(13)3(7(14)15,8(16)17)1-5-2-4(9(18)19,10(20)21)11(22)23/h1H,2H2. The van der Waals surface area contributed by atoms with Gasteiger partial charge in [0.15, 0.2) is 29.5 Å². The van der Waals surface area contributed by atoms with Gasteiger partial charge in [-0.25, -0.2) is 0 Å². The van der Waals surface area contributed by atoms with Gasteiger partial charge in [0.25, 0.3) is 6.54 Å². The van der Waals surface area contributed by atoms with Crippen molar-refractivity contribution in [1.29, 1.82) is 0 Å². The first-order chi connectivity index (χ1) is 10.4. The van der Waals surface area contributed by atoms with E-state index in [9.17, 15) is 60.7 Å². The fourth-order valence-corrected chi connectivity index (χ4v) is 1.01. The molecule has 0 unspecified atom stereocenters. The van der Waals surface area contributed by atoms with Crippen LogP contribution in [-0.4, -0.2) is 53.9 Å². The molecule has 0 aliphatic heterocycles. The molecule has 23 heavy (non-hydrogen) atoms. The predicted molar refractivity (Wildman–Crippen MR) is 60.8 cm³/mol. The van der Waals surface area contributed by atoms with Crippen LogP contribution in [0.1, 0.15) is 0 Å². The summed E-state index contributed by atoms with van der Waals surface area (Å²) in [4.78, 5) is 53.3. The minimum atomic E-state index is -4.31. The van der Waals surface area contributed by atoms with Gasteiger partial charge in [-0.2, -0.15) is 0 Å². The Balaban J connectivity index is 5.99. The third kappa shape index (κ3) is 2.91. The molecule has 0 heterocycles. The van der Waals surface area contributed by atoms with Gasteiger partial charge in [-0.05, 0) is 0 Å². The second-order valence-electron chi connectivity index (χ2n) is 3.47. The largest absolute Gasteiger partial charge is 0.738 e. The van der Waals surface area contributed by atoms with Crippen LogP contribution in [0.2, 0.25) is 0 Å². The SMILES string of the molecule is O=[N+]([O-])C(C=NCC([N+](=O)[O-])([N+](=O)[O-])[N+](=O)[O-])([N+](=O)[O-])[N+](=O)[O-]. The molecule has 0 aromatic carbocycles. The lowest BCUT2D eigenvalue weighted by Crippen LogP contribution is -2.57. The molecule has 0 bridgehead atoms. The van der Waals surface area contributed by atoms with Crippen molar-refractivity contribution in [3.63, 3.8) is 0 Å². The van der Waals surface area contributed by atoms with Crippen LogP contribution in [-0.2, 0) is 0 Å². The molecule has 0 radical (unpaired) electrons. The average molecular weight is 341 g/mol. The molecule has 0 spiro atoms. The monoisotopic (exact) mass is 341 g/mol. The normalized spacial score (nSPS) is 11.8. The number of nitro groups is 6. The van der Waals surface area contributed by atoms with Crippen molar-refractivity contribution in [3.8, 4) is 0 Å². The first-order valence-corrected chi connectivity index (χ1v) is 4.75. The minimum Gasteiger partial charge on any atom is -0.253 e. The van der Waals surface area contributed by atoms with E-state index >= 15 is 0 Å². The van der Waals surface area contributed by atoms with Crippen LogP contribution in [0.3, 0.4) is 0 Å². The summed E-state index contributed by atoms with van der Waals surface area (Å²) < 4.78 is 0. The number of hydrogen-bond acceptors (Lipinski definition) is 13. The van der Waals surface area contributed by atoms with Crippen molar-refractivity contribution in [3.05, 3.63) is 60.7 Å². The highest BCUT2D eigenvalue weighted by Gasteiger charge is 2.73. The summed E-state index contributed by atoms with van der Waals surface area (Å²) in [7, 11) is 0. The topological polar surface area (TPSA) is 271 Å². The second kappa shape index (κ2) is 6.23. The van der Waals surface area contributed by atoms with Crippen LogP contribution < -0.4 is 0 Å². The van der Waals surface area contributed by atoms with Crippen LogP contribution in [0.15, 0.2) is 4.99 Å². The van der Waals surface area contributed by atoms with Gasteiger partial charge in [-0.15, -0.1) is 0 Å². The third-order valence-corrected chi connectivity index (χ3v) is 2.25. The molecule has 0 fully saturated rings. The molecule has 0 aliphatic carbocycles. The lowest BCUT2D eigenvalue weighted by Gasteiger charge is -2.06. The maximum Gasteiger partial charge on any atom is 0.738 e. The van der Waals surface area contributed by atoms with E-state index in [0.29, 0.717) is 0 Å². The Morgan fingerprint density at radius 3 is 1.17 bits per heavy atom. The van der Waals surface area contributed by atoms with Crippen molar-refractivity contribution in [2.75, 3.05) is 6.54 Å². The molecular weight excluding hydrogens is 338 g/mol. The molecule has 19 heteroatoms. The summed E-state index contributed by atoms with van der Waals surface area (Å²) in [5, 5.41) is 63.0. The van der Waals surface area contributed by atoms with Crippen LogP contribution in [0, 0.1) is 60.7 Å². The molecule has 126 valence electrons. The molecule has 0 aliphatic rings. The Morgan fingerprint density at radius 2 is 0.957 bits per heavy atom. The average Bonchev–Trinajstić information content (AvgIpc) is 2.35. The lowest BCUT2D eigenvalue weighted by atomic mass is 10.3. The van der Waals surface area contributed by atoms with Gasteiger partial charge < -0.3 is 0 Å². The van der Waals surface area contributed by atoms with E-state index in [1.807, 2.05) is 0 Å². The van der Waals surface area contributed by atoms with E-state index < -0.39 is 53.9 Å². The highest BCUT2D eigenvalue weighted by molar-refractivity contribution is 5.63. The van der Waals surface area contributed by atoms with Gasteiger partial charge in [0.1, 0.15) is 0 Å². The smallest absolute Gasteiger partial charge is 0.253 e. The van der Waals surface area contributed by atoms with Gasteiger partial charge in [-0.1, -0.05) is 0 Å². The lowest BCUT2D eigenvalue weighted by molar-refractivity contribution is -0.966. The Kier molecular flexibility index (Phi) is 5.17. The zero-order valence-electron chi connectivity index (χ0n) is 10.3. The van der Waals surface area contributed by atoms with Crippen molar-refractivity contribution in [2.45, 2.75) is 11.6 Å². The van der Waals surface area contributed by atoms with Crippen molar-refractivity contribution >= 4 is 6.21 Å². The summed E-state index contributed by atoms with van der Waals surface area (Å²) in [5.74, 6) is -8.53. The predicted octanol–water partition coefficient (Wildman–Crippen LogP) is -1.97. The number of hydrogen-bond donors (Lipinski definition) is 0. The minimum absolute atomic E-state index is 0.668. The van der Waals surface area contributed by atoms with Gasteiger partial charge >= 0.3 is 11.6 Å². The van der Waals surface area contributed by atoms with Gasteiger partial charge in [-0.3, -0.25) is 65.7 Å².